The molecule has 0 bridgehead atoms. The van der Waals surface area contributed by atoms with Crippen molar-refractivity contribution in [2.45, 2.75) is 51.9 Å². The normalized spacial score (nSPS) is 18.6. The SMILES string of the molecule is Cc1cccc(N2CCC(CCC3CCN(C(=O)Cc4cccnc4)CC3)CC2)n1. The smallest absolute Gasteiger partial charge is 0.227 e. The molecule has 160 valence electrons. The van der Waals surface area contributed by atoms with Crippen LogP contribution in [0.25, 0.3) is 0 Å². The molecule has 5 nitrogen and oxygen atoms in total. The van der Waals surface area contributed by atoms with E-state index in [-0.39, 0.29) is 5.91 Å². The lowest BCUT2D eigenvalue weighted by atomic mass is 9.85. The number of piperidine rings is 2. The average Bonchev–Trinajstić information content (AvgIpc) is 2.79. The number of aromatic nitrogens is 2. The number of hydrogen-bond donors (Lipinski definition) is 0. The molecule has 0 N–H and O–H groups in total. The maximum Gasteiger partial charge on any atom is 0.227 e. The molecule has 4 rings (SSSR count). The lowest BCUT2D eigenvalue weighted by Crippen LogP contribution is -2.39. The van der Waals surface area contributed by atoms with Gasteiger partial charge in [-0.05, 0) is 68.2 Å². The highest BCUT2D eigenvalue weighted by Crippen LogP contribution is 2.29. The predicted molar refractivity (Wildman–Crippen MR) is 120 cm³/mol. The number of pyridine rings is 2. The molecule has 2 aliphatic heterocycles. The molecule has 2 fully saturated rings. The second-order valence-electron chi connectivity index (χ2n) is 9.01. The zero-order valence-electron chi connectivity index (χ0n) is 18.2. The van der Waals surface area contributed by atoms with Gasteiger partial charge < -0.3 is 9.80 Å². The van der Waals surface area contributed by atoms with Gasteiger partial charge in [0.2, 0.25) is 5.91 Å². The lowest BCUT2D eigenvalue weighted by Gasteiger charge is -2.35. The van der Waals surface area contributed by atoms with Gasteiger partial charge in [0.25, 0.3) is 0 Å². The summed E-state index contributed by atoms with van der Waals surface area (Å²) >= 11 is 0. The van der Waals surface area contributed by atoms with E-state index in [0.29, 0.717) is 6.42 Å². The minimum Gasteiger partial charge on any atom is -0.357 e. The molecular weight excluding hydrogens is 372 g/mol. The van der Waals surface area contributed by atoms with Gasteiger partial charge in [-0.15, -0.1) is 0 Å². The van der Waals surface area contributed by atoms with Crippen LogP contribution >= 0.6 is 0 Å². The summed E-state index contributed by atoms with van der Waals surface area (Å²) in [5.41, 5.74) is 2.11. The average molecular weight is 407 g/mol. The Morgan fingerprint density at radius 3 is 2.30 bits per heavy atom. The van der Waals surface area contributed by atoms with Crippen LogP contribution in [0.15, 0.2) is 42.7 Å². The highest BCUT2D eigenvalue weighted by atomic mass is 16.2. The van der Waals surface area contributed by atoms with E-state index in [4.69, 9.17) is 0 Å². The van der Waals surface area contributed by atoms with Crippen LogP contribution < -0.4 is 4.90 Å². The van der Waals surface area contributed by atoms with Crippen LogP contribution in [-0.2, 0) is 11.2 Å². The molecule has 0 unspecified atom stereocenters. The van der Waals surface area contributed by atoms with Gasteiger partial charge >= 0.3 is 0 Å². The topological polar surface area (TPSA) is 49.3 Å². The van der Waals surface area contributed by atoms with Crippen molar-refractivity contribution < 1.29 is 4.79 Å². The Bertz CT molecular complexity index is 809. The molecule has 2 aromatic rings. The Hall–Kier alpha value is -2.43. The summed E-state index contributed by atoms with van der Waals surface area (Å²) in [6.07, 6.45) is 11.5. The van der Waals surface area contributed by atoms with Gasteiger partial charge in [-0.2, -0.15) is 0 Å². The van der Waals surface area contributed by atoms with Gasteiger partial charge in [0.15, 0.2) is 0 Å². The monoisotopic (exact) mass is 406 g/mol. The van der Waals surface area contributed by atoms with Crippen LogP contribution in [-0.4, -0.2) is 47.0 Å². The summed E-state index contributed by atoms with van der Waals surface area (Å²) in [6, 6.07) is 10.2. The maximum atomic E-state index is 12.5. The largest absolute Gasteiger partial charge is 0.357 e. The minimum atomic E-state index is 0.249. The fraction of sp³-hybridized carbons (Fsp3) is 0.560. The van der Waals surface area contributed by atoms with Crippen LogP contribution in [0, 0.1) is 18.8 Å². The number of nitrogens with zero attached hydrogens (tertiary/aromatic N) is 4. The second kappa shape index (κ2) is 10.1. The standard InChI is InChI=1S/C25H34N4O/c1-20-4-2-6-24(27-20)28-14-9-21(10-15-28)7-8-22-11-16-29(17-12-22)25(30)18-23-5-3-13-26-19-23/h2-6,13,19,21-22H,7-12,14-18H2,1H3. The maximum absolute atomic E-state index is 12.5. The number of carbonyl (C=O) groups excluding carboxylic acids is 1. The molecule has 2 aliphatic rings. The lowest BCUT2D eigenvalue weighted by molar-refractivity contribution is -0.131. The Balaban J connectivity index is 1.15. The molecule has 2 aromatic heterocycles. The van der Waals surface area contributed by atoms with Crippen molar-refractivity contribution >= 4 is 11.7 Å². The van der Waals surface area contributed by atoms with Gasteiger partial charge in [0.1, 0.15) is 5.82 Å². The van der Waals surface area contributed by atoms with E-state index < -0.39 is 0 Å². The van der Waals surface area contributed by atoms with Gasteiger partial charge in [0.05, 0.1) is 6.42 Å². The third-order valence-corrected chi connectivity index (χ3v) is 6.84. The molecule has 0 spiro atoms. The number of carbonyl (C=O) groups is 1. The first-order valence-corrected chi connectivity index (χ1v) is 11.5. The molecular formula is C25H34N4O. The molecule has 2 saturated heterocycles. The van der Waals surface area contributed by atoms with E-state index in [1.807, 2.05) is 12.1 Å². The predicted octanol–water partition coefficient (Wildman–Crippen LogP) is 4.26. The number of rotatable bonds is 6. The number of likely N-dealkylation sites (tertiary alicyclic amines) is 1. The first-order chi connectivity index (χ1) is 14.7. The molecule has 0 aromatic carbocycles. The molecule has 0 aliphatic carbocycles. The molecule has 0 radical (unpaired) electrons. The Morgan fingerprint density at radius 2 is 1.67 bits per heavy atom. The summed E-state index contributed by atoms with van der Waals surface area (Å²) in [5.74, 6) is 3.01. The fourth-order valence-electron chi connectivity index (χ4n) is 4.89. The Kier molecular flexibility index (Phi) is 6.98. The van der Waals surface area contributed by atoms with Crippen LogP contribution in [0.1, 0.15) is 49.8 Å². The van der Waals surface area contributed by atoms with Gasteiger partial charge in [-0.3, -0.25) is 9.78 Å². The third kappa shape index (κ3) is 5.59. The number of amides is 1. The van der Waals surface area contributed by atoms with E-state index in [0.717, 1.165) is 67.9 Å². The first-order valence-electron chi connectivity index (χ1n) is 11.5. The van der Waals surface area contributed by atoms with E-state index in [2.05, 4.69) is 44.9 Å². The van der Waals surface area contributed by atoms with E-state index in [1.54, 1.807) is 12.4 Å². The fourth-order valence-corrected chi connectivity index (χ4v) is 4.89. The first kappa shape index (κ1) is 20.8. The number of anilines is 1. The summed E-state index contributed by atoms with van der Waals surface area (Å²) < 4.78 is 0. The molecule has 1 amide bonds. The van der Waals surface area contributed by atoms with Crippen LogP contribution in [0.2, 0.25) is 0 Å². The molecule has 0 saturated carbocycles. The van der Waals surface area contributed by atoms with E-state index in [1.165, 1.54) is 25.7 Å². The highest BCUT2D eigenvalue weighted by molar-refractivity contribution is 5.78. The summed E-state index contributed by atoms with van der Waals surface area (Å²) in [7, 11) is 0. The molecule has 4 heterocycles. The number of hydrogen-bond acceptors (Lipinski definition) is 4. The summed E-state index contributed by atoms with van der Waals surface area (Å²) in [6.45, 7) is 6.15. The van der Waals surface area contributed by atoms with Crippen molar-refractivity contribution in [1.29, 1.82) is 0 Å². The summed E-state index contributed by atoms with van der Waals surface area (Å²) in [5, 5.41) is 0. The molecule has 30 heavy (non-hydrogen) atoms. The van der Waals surface area contributed by atoms with Gasteiger partial charge in [-0.1, -0.05) is 25.0 Å². The van der Waals surface area contributed by atoms with Crippen LogP contribution in [0.3, 0.4) is 0 Å². The highest BCUT2D eigenvalue weighted by Gasteiger charge is 2.25. The summed E-state index contributed by atoms with van der Waals surface area (Å²) in [4.78, 5) is 25.8. The van der Waals surface area contributed by atoms with E-state index in [9.17, 15) is 4.79 Å². The quantitative estimate of drug-likeness (QED) is 0.719. The second-order valence-corrected chi connectivity index (χ2v) is 9.01. The van der Waals surface area contributed by atoms with Crippen molar-refractivity contribution in [1.82, 2.24) is 14.9 Å². The minimum absolute atomic E-state index is 0.249. The zero-order chi connectivity index (χ0) is 20.8. The Morgan fingerprint density at radius 1 is 0.967 bits per heavy atom. The number of aryl methyl sites for hydroxylation is 1. The van der Waals surface area contributed by atoms with Crippen molar-refractivity contribution in [3.8, 4) is 0 Å². The zero-order valence-corrected chi connectivity index (χ0v) is 18.2. The Labute approximate surface area is 180 Å². The third-order valence-electron chi connectivity index (χ3n) is 6.84. The van der Waals surface area contributed by atoms with Crippen molar-refractivity contribution in [3.63, 3.8) is 0 Å². The van der Waals surface area contributed by atoms with Crippen molar-refractivity contribution in [3.05, 3.63) is 54.0 Å². The van der Waals surface area contributed by atoms with Gasteiger partial charge in [-0.25, -0.2) is 4.98 Å². The van der Waals surface area contributed by atoms with Crippen molar-refractivity contribution in [2.24, 2.45) is 11.8 Å². The molecule has 0 atom stereocenters. The van der Waals surface area contributed by atoms with Gasteiger partial charge in [0, 0.05) is 44.3 Å². The van der Waals surface area contributed by atoms with Crippen molar-refractivity contribution in [2.75, 3.05) is 31.1 Å². The van der Waals surface area contributed by atoms with Crippen LogP contribution in [0.5, 0.6) is 0 Å². The van der Waals surface area contributed by atoms with Crippen LogP contribution in [0.4, 0.5) is 5.82 Å². The molecule has 5 heteroatoms. The van der Waals surface area contributed by atoms with E-state index >= 15 is 0 Å².